The molecular weight excluding hydrogens is 584 g/mol. The molecule has 0 spiro atoms. The highest BCUT2D eigenvalue weighted by molar-refractivity contribution is 7.89. The van der Waals surface area contributed by atoms with Crippen molar-refractivity contribution >= 4 is 21.8 Å². The van der Waals surface area contributed by atoms with E-state index < -0.39 is 34.1 Å². The maximum absolute atomic E-state index is 13.9. The minimum atomic E-state index is -4.05. The first-order valence-corrected chi connectivity index (χ1v) is 16.9. The van der Waals surface area contributed by atoms with Gasteiger partial charge in [-0.25, -0.2) is 8.42 Å². The average molecular weight is 631 g/mol. The molecular formula is C32H46N4O7S. The van der Waals surface area contributed by atoms with Crippen LogP contribution in [0.5, 0.6) is 11.5 Å². The normalized spacial score (nSPS) is 19.0. The number of ether oxygens (including phenoxy) is 2. The summed E-state index contributed by atoms with van der Waals surface area (Å²) in [6.07, 6.45) is 1.26. The average Bonchev–Trinajstić information content (AvgIpc) is 3.71. The van der Waals surface area contributed by atoms with Crippen LogP contribution in [0, 0.1) is 11.8 Å². The molecule has 1 saturated heterocycles. The molecule has 0 aromatic heterocycles. The van der Waals surface area contributed by atoms with Gasteiger partial charge in [0.1, 0.15) is 6.04 Å². The molecule has 12 heteroatoms. The fourth-order valence-electron chi connectivity index (χ4n) is 5.49. The third-order valence-electron chi connectivity index (χ3n) is 8.20. The van der Waals surface area contributed by atoms with Gasteiger partial charge in [-0.15, -0.1) is 0 Å². The number of hydrogen-bond donors (Lipinski definition) is 4. The number of hydrogen-bond acceptors (Lipinski definition) is 8. The van der Waals surface area contributed by atoms with Crippen LogP contribution in [0.25, 0.3) is 0 Å². The van der Waals surface area contributed by atoms with Crippen molar-refractivity contribution < 1.29 is 32.6 Å². The van der Waals surface area contributed by atoms with Crippen molar-refractivity contribution in [3.63, 3.8) is 0 Å². The molecule has 2 amide bonds. The summed E-state index contributed by atoms with van der Waals surface area (Å²) in [4.78, 5) is 26.8. The lowest BCUT2D eigenvalue weighted by Crippen LogP contribution is -2.58. The molecule has 4 N–H and O–H groups in total. The van der Waals surface area contributed by atoms with Gasteiger partial charge in [0.05, 0.1) is 23.1 Å². The van der Waals surface area contributed by atoms with Crippen molar-refractivity contribution in [2.75, 3.05) is 26.4 Å². The number of nitrogens with zero attached hydrogens (tertiary/aromatic N) is 1. The Labute approximate surface area is 260 Å². The summed E-state index contributed by atoms with van der Waals surface area (Å²) >= 11 is 0. The highest BCUT2D eigenvalue weighted by atomic mass is 32.2. The summed E-state index contributed by atoms with van der Waals surface area (Å²) in [5.41, 5.74) is 0.866. The molecule has 2 aliphatic rings. The number of aliphatic hydroxyl groups is 1. The van der Waals surface area contributed by atoms with Gasteiger partial charge in [0.25, 0.3) is 0 Å². The molecule has 11 nitrogen and oxygen atoms in total. The summed E-state index contributed by atoms with van der Waals surface area (Å²) in [7, 11) is -4.05. The SMILES string of the molecule is CCC(C)C(NC(=O)C1CCCN1)C(=O)NC(Cc1ccccc1)C(O)CN(CC(C)C)S(=O)(=O)c1ccc2c(c1)OCO2. The second kappa shape index (κ2) is 15.2. The molecule has 0 bridgehead atoms. The van der Waals surface area contributed by atoms with Crippen LogP contribution in [0.1, 0.15) is 52.5 Å². The number of fused-ring (bicyclic) bond motifs is 1. The molecule has 0 saturated carbocycles. The molecule has 5 unspecified atom stereocenters. The number of aliphatic hydroxyl groups excluding tert-OH is 1. The third kappa shape index (κ3) is 8.50. The third-order valence-corrected chi connectivity index (χ3v) is 10.0. The quantitative estimate of drug-likeness (QED) is 0.235. The number of carbonyl (C=O) groups excluding carboxylic acids is 2. The van der Waals surface area contributed by atoms with Gasteiger partial charge in [-0.2, -0.15) is 4.31 Å². The second-order valence-corrected chi connectivity index (χ2v) is 14.1. The molecule has 0 radical (unpaired) electrons. The first-order chi connectivity index (χ1) is 21.0. The van der Waals surface area contributed by atoms with Gasteiger partial charge in [-0.1, -0.05) is 64.4 Å². The van der Waals surface area contributed by atoms with Crippen LogP contribution in [-0.2, 0) is 26.0 Å². The zero-order valence-corrected chi connectivity index (χ0v) is 26.8. The maximum Gasteiger partial charge on any atom is 0.243 e. The predicted octanol–water partition coefficient (Wildman–Crippen LogP) is 2.43. The highest BCUT2D eigenvalue weighted by Crippen LogP contribution is 2.35. The number of amides is 2. The van der Waals surface area contributed by atoms with Crippen molar-refractivity contribution in [1.29, 1.82) is 0 Å². The van der Waals surface area contributed by atoms with Crippen molar-refractivity contribution in [2.24, 2.45) is 11.8 Å². The van der Waals surface area contributed by atoms with Crippen LogP contribution < -0.4 is 25.4 Å². The van der Waals surface area contributed by atoms with Crippen LogP contribution in [-0.4, -0.2) is 80.3 Å². The molecule has 2 aromatic rings. The van der Waals surface area contributed by atoms with Crippen molar-refractivity contribution in [3.8, 4) is 11.5 Å². The van der Waals surface area contributed by atoms with E-state index in [1.54, 1.807) is 6.07 Å². The molecule has 2 aliphatic heterocycles. The van der Waals surface area contributed by atoms with E-state index in [1.807, 2.05) is 58.0 Å². The minimum absolute atomic E-state index is 0.0172. The predicted molar refractivity (Wildman–Crippen MR) is 167 cm³/mol. The molecule has 2 aromatic carbocycles. The highest BCUT2D eigenvalue weighted by Gasteiger charge is 2.35. The van der Waals surface area contributed by atoms with Gasteiger partial charge in [0, 0.05) is 19.2 Å². The van der Waals surface area contributed by atoms with Crippen molar-refractivity contribution in [3.05, 3.63) is 54.1 Å². The van der Waals surface area contributed by atoms with E-state index >= 15 is 0 Å². The first-order valence-electron chi connectivity index (χ1n) is 15.5. The van der Waals surface area contributed by atoms with Crippen LogP contribution >= 0.6 is 0 Å². The summed E-state index contributed by atoms with van der Waals surface area (Å²) < 4.78 is 39.7. The lowest BCUT2D eigenvalue weighted by molar-refractivity contribution is -0.132. The smallest absolute Gasteiger partial charge is 0.243 e. The first kappa shape index (κ1) is 33.7. The van der Waals surface area contributed by atoms with E-state index in [9.17, 15) is 23.1 Å². The maximum atomic E-state index is 13.9. The summed E-state index contributed by atoms with van der Waals surface area (Å²) in [6, 6.07) is 11.9. The van der Waals surface area contributed by atoms with E-state index in [0.29, 0.717) is 24.3 Å². The zero-order valence-electron chi connectivity index (χ0n) is 26.0. The Morgan fingerprint density at radius 2 is 1.77 bits per heavy atom. The van der Waals surface area contributed by atoms with Crippen molar-refractivity contribution in [1.82, 2.24) is 20.3 Å². The Hall–Kier alpha value is -3.19. The van der Waals surface area contributed by atoms with Crippen LogP contribution in [0.3, 0.4) is 0 Å². The summed E-state index contributed by atoms with van der Waals surface area (Å²) in [6.45, 7) is 8.32. The summed E-state index contributed by atoms with van der Waals surface area (Å²) in [5, 5.41) is 20.7. The number of rotatable bonds is 15. The lowest BCUT2D eigenvalue weighted by Gasteiger charge is -2.32. The largest absolute Gasteiger partial charge is 0.454 e. The van der Waals surface area contributed by atoms with Crippen LogP contribution in [0.2, 0.25) is 0 Å². The standard InChI is InChI=1S/C32H46N4O7S/c1-5-22(4)30(35-31(38)25-12-9-15-33-25)32(39)34-26(16-23-10-7-6-8-11-23)27(37)19-36(18-21(2)3)44(40,41)24-13-14-28-29(17-24)43-20-42-28/h6-8,10-11,13-14,17,21-22,25-27,30,33,37H,5,9,12,15-16,18-20H2,1-4H3,(H,34,39)(H,35,38). The van der Waals surface area contributed by atoms with Gasteiger partial charge in [-0.3, -0.25) is 9.59 Å². The van der Waals surface area contributed by atoms with E-state index in [4.69, 9.17) is 9.47 Å². The number of sulfonamides is 1. The Morgan fingerprint density at radius 3 is 2.43 bits per heavy atom. The topological polar surface area (TPSA) is 146 Å². The van der Waals surface area contributed by atoms with Crippen molar-refractivity contribution in [2.45, 2.75) is 82.5 Å². The molecule has 5 atom stereocenters. The van der Waals surface area contributed by atoms with E-state index in [0.717, 1.165) is 18.5 Å². The fraction of sp³-hybridized carbons (Fsp3) is 0.562. The van der Waals surface area contributed by atoms with Crippen LogP contribution in [0.4, 0.5) is 0 Å². The zero-order chi connectivity index (χ0) is 31.9. The number of benzene rings is 2. The molecule has 1 fully saturated rings. The molecule has 4 rings (SSSR count). The number of carbonyl (C=O) groups is 2. The molecule has 242 valence electrons. The van der Waals surface area contributed by atoms with E-state index in [-0.39, 0.29) is 55.0 Å². The monoisotopic (exact) mass is 630 g/mol. The second-order valence-electron chi connectivity index (χ2n) is 12.1. The fourth-order valence-corrected chi connectivity index (χ4v) is 7.13. The van der Waals surface area contributed by atoms with Crippen LogP contribution in [0.15, 0.2) is 53.4 Å². The van der Waals surface area contributed by atoms with E-state index in [1.165, 1.54) is 16.4 Å². The van der Waals surface area contributed by atoms with E-state index in [2.05, 4.69) is 16.0 Å². The van der Waals surface area contributed by atoms with Gasteiger partial charge < -0.3 is 30.5 Å². The van der Waals surface area contributed by atoms with Gasteiger partial charge >= 0.3 is 0 Å². The Kier molecular flexibility index (Phi) is 11.6. The molecule has 0 aliphatic carbocycles. The Bertz CT molecular complexity index is 1370. The molecule has 44 heavy (non-hydrogen) atoms. The minimum Gasteiger partial charge on any atom is -0.454 e. The van der Waals surface area contributed by atoms with Gasteiger partial charge in [0.2, 0.25) is 28.6 Å². The summed E-state index contributed by atoms with van der Waals surface area (Å²) in [5.74, 6) is -0.0326. The van der Waals surface area contributed by atoms with Gasteiger partial charge in [-0.05, 0) is 55.3 Å². The lowest BCUT2D eigenvalue weighted by atomic mass is 9.95. The Morgan fingerprint density at radius 1 is 1.05 bits per heavy atom. The Balaban J connectivity index is 1.58. The molecule has 2 heterocycles. The number of nitrogens with one attached hydrogen (secondary N) is 3. The van der Waals surface area contributed by atoms with Gasteiger partial charge in [0.15, 0.2) is 11.5 Å².